The Morgan fingerprint density at radius 2 is 1.61 bits per heavy atom. The molecule has 262 valence electrons. The first-order valence-electron chi connectivity index (χ1n) is 15.7. The number of hydrogen-bond acceptors (Lipinski definition) is 10. The molecule has 1 aliphatic heterocycles. The molecule has 49 heavy (non-hydrogen) atoms. The quantitative estimate of drug-likeness (QED) is 0.202. The maximum Gasteiger partial charge on any atom is 0.408 e. The fourth-order valence-corrected chi connectivity index (χ4v) is 5.36. The van der Waals surface area contributed by atoms with E-state index in [2.05, 4.69) is 17.2 Å². The molecule has 0 saturated heterocycles. The van der Waals surface area contributed by atoms with Gasteiger partial charge in [-0.2, -0.15) is 0 Å². The lowest BCUT2D eigenvalue weighted by Crippen LogP contribution is -2.47. The number of anilines is 1. The monoisotopic (exact) mass is 676 g/mol. The van der Waals surface area contributed by atoms with Gasteiger partial charge in [-0.25, -0.2) is 4.79 Å². The zero-order valence-electron chi connectivity index (χ0n) is 29.0. The lowest BCUT2D eigenvalue weighted by atomic mass is 9.88. The van der Waals surface area contributed by atoms with Gasteiger partial charge in [0.05, 0.1) is 46.7 Å². The highest BCUT2D eigenvalue weighted by molar-refractivity contribution is 6.05. The highest BCUT2D eigenvalue weighted by atomic mass is 16.6. The molecule has 3 aromatic rings. The van der Waals surface area contributed by atoms with Gasteiger partial charge in [-0.1, -0.05) is 30.9 Å². The number of alkyl carbamates (subject to hydrolysis) is 1. The van der Waals surface area contributed by atoms with Crippen LogP contribution in [-0.4, -0.2) is 71.1 Å². The van der Waals surface area contributed by atoms with Crippen molar-refractivity contribution in [2.75, 3.05) is 47.0 Å². The van der Waals surface area contributed by atoms with Gasteiger partial charge in [-0.15, -0.1) is 0 Å². The molecule has 12 heteroatoms. The van der Waals surface area contributed by atoms with Crippen LogP contribution in [0.4, 0.5) is 10.5 Å². The summed E-state index contributed by atoms with van der Waals surface area (Å²) < 4.78 is 39.0. The summed E-state index contributed by atoms with van der Waals surface area (Å²) >= 11 is 0. The number of carbonyl (C=O) groups is 3. The maximum absolute atomic E-state index is 13.8. The van der Waals surface area contributed by atoms with Crippen molar-refractivity contribution in [2.24, 2.45) is 5.92 Å². The van der Waals surface area contributed by atoms with Gasteiger partial charge in [-0.3, -0.25) is 9.59 Å². The van der Waals surface area contributed by atoms with Gasteiger partial charge >= 0.3 is 6.09 Å². The van der Waals surface area contributed by atoms with Gasteiger partial charge in [0.1, 0.15) is 41.1 Å². The van der Waals surface area contributed by atoms with E-state index >= 15 is 0 Å². The van der Waals surface area contributed by atoms with E-state index in [4.69, 9.17) is 33.2 Å². The van der Waals surface area contributed by atoms with Crippen molar-refractivity contribution in [2.45, 2.75) is 45.3 Å². The van der Waals surface area contributed by atoms with E-state index in [1.807, 2.05) is 18.2 Å². The third-order valence-corrected chi connectivity index (χ3v) is 7.59. The van der Waals surface area contributed by atoms with Crippen LogP contribution in [0.3, 0.4) is 0 Å². The summed E-state index contributed by atoms with van der Waals surface area (Å²) in [5, 5.41) is 5.60. The average Bonchev–Trinajstić information content (AvgIpc) is 3.07. The summed E-state index contributed by atoms with van der Waals surface area (Å²) in [5.74, 6) is 1.07. The molecule has 2 atom stereocenters. The summed E-state index contributed by atoms with van der Waals surface area (Å²) in [6.45, 7) is 9.35. The molecule has 0 radical (unpaired) electrons. The minimum absolute atomic E-state index is 0.123. The average molecular weight is 677 g/mol. The van der Waals surface area contributed by atoms with Crippen LogP contribution in [0.1, 0.15) is 42.3 Å². The summed E-state index contributed by atoms with van der Waals surface area (Å²) in [6.07, 6.45) is 1.37. The Hall–Kier alpha value is -5.39. The maximum atomic E-state index is 13.8. The summed E-state index contributed by atoms with van der Waals surface area (Å²) in [5.41, 5.74) is 1.39. The van der Waals surface area contributed by atoms with Gasteiger partial charge in [0.25, 0.3) is 0 Å². The van der Waals surface area contributed by atoms with E-state index in [0.717, 1.165) is 11.1 Å². The molecule has 3 aromatic carbocycles. The molecule has 1 unspecified atom stereocenters. The van der Waals surface area contributed by atoms with E-state index < -0.39 is 29.6 Å². The zero-order chi connectivity index (χ0) is 35.7. The van der Waals surface area contributed by atoms with E-state index in [1.165, 1.54) is 28.4 Å². The Morgan fingerprint density at radius 1 is 0.939 bits per heavy atom. The Kier molecular flexibility index (Phi) is 12.0. The fourth-order valence-electron chi connectivity index (χ4n) is 5.36. The molecule has 0 bridgehead atoms. The second-order valence-electron chi connectivity index (χ2n) is 12.3. The van der Waals surface area contributed by atoms with Crippen molar-refractivity contribution in [3.8, 4) is 34.5 Å². The normalized spacial score (nSPS) is 14.3. The Labute approximate surface area is 286 Å². The van der Waals surface area contributed by atoms with Crippen LogP contribution in [0.2, 0.25) is 0 Å². The molecule has 2 amide bonds. The number of methoxy groups -OCH3 is 4. The number of amides is 2. The molecule has 1 heterocycles. The van der Waals surface area contributed by atoms with E-state index in [0.29, 0.717) is 47.5 Å². The van der Waals surface area contributed by atoms with Gasteiger partial charge in [-0.05, 0) is 62.6 Å². The van der Waals surface area contributed by atoms with Gasteiger partial charge < -0.3 is 43.8 Å². The van der Waals surface area contributed by atoms with Gasteiger partial charge in [0.15, 0.2) is 17.3 Å². The van der Waals surface area contributed by atoms with Gasteiger partial charge in [0, 0.05) is 12.5 Å². The van der Waals surface area contributed by atoms with Crippen molar-refractivity contribution < 1.29 is 47.5 Å². The third-order valence-electron chi connectivity index (χ3n) is 7.59. The minimum Gasteiger partial charge on any atom is -0.495 e. The van der Waals surface area contributed by atoms with Crippen molar-refractivity contribution >= 4 is 23.5 Å². The molecular weight excluding hydrogens is 632 g/mol. The lowest BCUT2D eigenvalue weighted by Gasteiger charge is -2.27. The number of carbonyl (C=O) groups excluding carboxylic acids is 3. The molecule has 12 nitrogen and oxygen atoms in total. The standard InChI is InChI=1S/C37H44N2O10/c1-9-16-47-25-13-10-22(11-14-25)18-27(39-36(42)49-37(2,3)4)35(41)38-26-19-23(12-15-28(26)43-5)17-24-21-48-29-20-30(44-6)33(45-7)34(46-8)31(29)32(24)40/h9-15,19-20,24,27H,1,16-18,21H2,2-8H3,(H,38,41)(H,39,42)/t24?,27-/m0/s1. The van der Waals surface area contributed by atoms with Gasteiger partial charge in [0.2, 0.25) is 11.7 Å². The fraction of sp³-hybridized carbons (Fsp3) is 0.378. The number of Topliss-reactive ketones (excluding diaryl/α,β-unsaturated/α-hetero) is 1. The molecule has 4 rings (SSSR count). The zero-order valence-corrected chi connectivity index (χ0v) is 29.0. The number of fused-ring (bicyclic) bond motifs is 1. The SMILES string of the molecule is C=CCOc1ccc(C[C@H](NC(=O)OC(C)(C)C)C(=O)Nc2cc(CC3COc4cc(OC)c(OC)c(OC)c4C3=O)ccc2OC)cc1. The predicted molar refractivity (Wildman–Crippen MR) is 184 cm³/mol. The molecule has 0 spiro atoms. The molecular formula is C37H44N2O10. The smallest absolute Gasteiger partial charge is 0.408 e. The topological polar surface area (TPSA) is 140 Å². The molecule has 2 N–H and O–H groups in total. The number of benzene rings is 3. The van der Waals surface area contributed by atoms with Crippen LogP contribution in [0, 0.1) is 5.92 Å². The Balaban J connectivity index is 1.57. The largest absolute Gasteiger partial charge is 0.495 e. The summed E-state index contributed by atoms with van der Waals surface area (Å²) in [6, 6.07) is 13.1. The van der Waals surface area contributed by atoms with Crippen LogP contribution in [0.5, 0.6) is 34.5 Å². The third kappa shape index (κ3) is 9.16. The highest BCUT2D eigenvalue weighted by Gasteiger charge is 2.35. The van der Waals surface area contributed by atoms with Crippen molar-refractivity contribution in [3.63, 3.8) is 0 Å². The second-order valence-corrected chi connectivity index (χ2v) is 12.3. The highest BCUT2D eigenvalue weighted by Crippen LogP contribution is 2.47. The molecule has 0 aromatic heterocycles. The first kappa shape index (κ1) is 36.4. The summed E-state index contributed by atoms with van der Waals surface area (Å²) in [7, 11) is 5.90. The number of hydrogen-bond donors (Lipinski definition) is 2. The molecule has 1 aliphatic rings. The van der Waals surface area contributed by atoms with Crippen molar-refractivity contribution in [3.05, 3.63) is 77.9 Å². The first-order chi connectivity index (χ1) is 23.4. The molecule has 0 aliphatic carbocycles. The van der Waals surface area contributed by atoms with Crippen LogP contribution >= 0.6 is 0 Å². The Bertz CT molecular complexity index is 1660. The minimum atomic E-state index is -1.01. The predicted octanol–water partition coefficient (Wildman–Crippen LogP) is 5.79. The van der Waals surface area contributed by atoms with E-state index in [9.17, 15) is 14.4 Å². The van der Waals surface area contributed by atoms with Crippen LogP contribution < -0.4 is 39.1 Å². The number of ether oxygens (including phenoxy) is 7. The number of rotatable bonds is 14. The molecule has 0 saturated carbocycles. The van der Waals surface area contributed by atoms with Crippen LogP contribution in [0.15, 0.2) is 61.2 Å². The van der Waals surface area contributed by atoms with Crippen LogP contribution in [-0.2, 0) is 22.4 Å². The van der Waals surface area contributed by atoms with Crippen molar-refractivity contribution in [1.29, 1.82) is 0 Å². The van der Waals surface area contributed by atoms with Crippen molar-refractivity contribution in [1.82, 2.24) is 5.32 Å². The first-order valence-corrected chi connectivity index (χ1v) is 15.7. The van der Waals surface area contributed by atoms with E-state index in [1.54, 1.807) is 57.2 Å². The Morgan fingerprint density at radius 3 is 2.22 bits per heavy atom. The lowest BCUT2D eigenvalue weighted by molar-refractivity contribution is -0.118. The number of ketones is 1. The second kappa shape index (κ2) is 16.1. The summed E-state index contributed by atoms with van der Waals surface area (Å²) in [4.78, 5) is 40.4. The molecule has 0 fully saturated rings. The van der Waals surface area contributed by atoms with E-state index in [-0.39, 0.29) is 30.1 Å². The van der Waals surface area contributed by atoms with Crippen LogP contribution in [0.25, 0.3) is 0 Å². The number of nitrogens with one attached hydrogen (secondary N) is 2.